The minimum absolute atomic E-state index is 0.129. The minimum atomic E-state index is -0.286. The predicted molar refractivity (Wildman–Crippen MR) is 123 cm³/mol. The molecule has 0 saturated carbocycles. The molecule has 3 unspecified atom stereocenters. The van der Waals surface area contributed by atoms with Crippen LogP contribution in [0.4, 0.5) is 11.7 Å². The molecule has 0 aliphatic carbocycles. The number of benzene rings is 1. The highest BCUT2D eigenvalue weighted by Gasteiger charge is 2.43. The van der Waals surface area contributed by atoms with Crippen LogP contribution in [0.2, 0.25) is 0 Å². The largest absolute Gasteiger partial charge is 0.429 e. The normalized spacial score (nSPS) is 28.0. The van der Waals surface area contributed by atoms with Crippen LogP contribution in [0.5, 0.6) is 0 Å². The van der Waals surface area contributed by atoms with Crippen molar-refractivity contribution in [3.05, 3.63) is 48.2 Å². The smallest absolute Gasteiger partial charge is 0.297 e. The molecule has 5 rings (SSSR count). The molecule has 2 aromatic rings. The van der Waals surface area contributed by atoms with Gasteiger partial charge in [0.1, 0.15) is 5.76 Å². The summed E-state index contributed by atoms with van der Waals surface area (Å²) in [4.78, 5) is 8.97. The van der Waals surface area contributed by atoms with Gasteiger partial charge < -0.3 is 31.6 Å². The van der Waals surface area contributed by atoms with Crippen molar-refractivity contribution in [1.82, 2.24) is 9.88 Å². The van der Waals surface area contributed by atoms with Gasteiger partial charge >= 0.3 is 0 Å². The lowest BCUT2D eigenvalue weighted by molar-refractivity contribution is 0.0281. The first-order chi connectivity index (χ1) is 14.9. The van der Waals surface area contributed by atoms with Gasteiger partial charge in [-0.3, -0.25) is 0 Å². The highest BCUT2D eigenvalue weighted by atomic mass is 16.4. The lowest BCUT2D eigenvalue weighted by Crippen LogP contribution is -2.52. The van der Waals surface area contributed by atoms with E-state index < -0.39 is 0 Å². The number of anilines is 2. The molecular formula is C25H35N4O2-. The van der Waals surface area contributed by atoms with Gasteiger partial charge in [-0.15, -0.1) is 5.92 Å². The molecule has 3 aliphatic heterocycles. The second kappa shape index (κ2) is 8.14. The Bertz CT molecular complexity index is 920. The summed E-state index contributed by atoms with van der Waals surface area (Å²) in [7, 11) is 0. The first kappa shape index (κ1) is 20.8. The molecule has 0 bridgehead atoms. The lowest BCUT2D eigenvalue weighted by Gasteiger charge is -2.49. The van der Waals surface area contributed by atoms with E-state index in [1.165, 1.54) is 16.8 Å². The Balaban J connectivity index is 1.16. The first-order valence-electron chi connectivity index (χ1n) is 11.7. The maximum absolute atomic E-state index is 11.0. The number of fused-ring (bicyclic) bond motifs is 2. The van der Waals surface area contributed by atoms with Gasteiger partial charge in [0.15, 0.2) is 0 Å². The Morgan fingerprint density at radius 2 is 2.10 bits per heavy atom. The number of hydrogen-bond acceptors (Lipinski definition) is 6. The Hall–Kier alpha value is -2.05. The molecule has 168 valence electrons. The van der Waals surface area contributed by atoms with Crippen LogP contribution in [0.15, 0.2) is 28.8 Å². The zero-order valence-corrected chi connectivity index (χ0v) is 18.8. The molecule has 2 N–H and O–H groups in total. The summed E-state index contributed by atoms with van der Waals surface area (Å²) in [6.07, 6.45) is 4.54. The third kappa shape index (κ3) is 3.85. The summed E-state index contributed by atoms with van der Waals surface area (Å²) in [6, 6.07) is 7.50. The number of hydrogen-bond donors (Lipinski definition) is 2. The molecule has 2 fully saturated rings. The fourth-order valence-electron chi connectivity index (χ4n) is 5.86. The van der Waals surface area contributed by atoms with E-state index in [-0.39, 0.29) is 11.5 Å². The SMILES string of the molecule is [CH2-]C1CN(CC(O)C2CCN(c3ncc(C)o3)CC2)CCC12CNc1cc(C)ccc12. The van der Waals surface area contributed by atoms with Crippen LogP contribution in [0.1, 0.15) is 36.1 Å². The topological polar surface area (TPSA) is 64.8 Å². The van der Waals surface area contributed by atoms with Gasteiger partial charge in [-0.25, -0.2) is 4.98 Å². The van der Waals surface area contributed by atoms with Crippen LogP contribution in [-0.2, 0) is 5.41 Å². The van der Waals surface area contributed by atoms with E-state index >= 15 is 0 Å². The molecule has 1 spiro atoms. The zero-order valence-electron chi connectivity index (χ0n) is 18.8. The van der Waals surface area contributed by atoms with Crippen LogP contribution in [0.3, 0.4) is 0 Å². The average Bonchev–Trinajstić information content (AvgIpc) is 3.35. The minimum Gasteiger partial charge on any atom is -0.429 e. The van der Waals surface area contributed by atoms with Gasteiger partial charge in [0.2, 0.25) is 0 Å². The standard InChI is InChI=1S/C25H35N4O2/c1-17-4-5-21-22(12-17)27-16-25(21)8-11-28(14-18(25)2)15-23(30)20-6-9-29(10-7-20)24-26-13-19(3)31-24/h4-5,12-13,18,20,23,27,30H,2,6-11,14-16H2,1,3H3/q-1. The van der Waals surface area contributed by atoms with Crippen molar-refractivity contribution < 1.29 is 9.52 Å². The number of β-amino-alcohol motifs (C(OH)–C–C–N with tert-alkyl or cyclic N) is 1. The monoisotopic (exact) mass is 423 g/mol. The summed E-state index contributed by atoms with van der Waals surface area (Å²) < 4.78 is 5.66. The van der Waals surface area contributed by atoms with Gasteiger partial charge in [-0.1, -0.05) is 12.1 Å². The summed E-state index contributed by atoms with van der Waals surface area (Å²) in [5.41, 5.74) is 4.15. The van der Waals surface area contributed by atoms with Crippen molar-refractivity contribution in [3.8, 4) is 0 Å². The third-order valence-electron chi connectivity index (χ3n) is 7.85. The van der Waals surface area contributed by atoms with Crippen molar-refractivity contribution in [3.63, 3.8) is 0 Å². The van der Waals surface area contributed by atoms with Crippen LogP contribution in [-0.4, -0.2) is 60.4 Å². The number of piperidine rings is 2. The van der Waals surface area contributed by atoms with Crippen LogP contribution in [0, 0.1) is 32.6 Å². The summed E-state index contributed by atoms with van der Waals surface area (Å²) in [5, 5.41) is 14.6. The van der Waals surface area contributed by atoms with E-state index in [1.54, 1.807) is 6.20 Å². The van der Waals surface area contributed by atoms with E-state index in [0.717, 1.165) is 64.3 Å². The molecule has 1 aromatic heterocycles. The first-order valence-corrected chi connectivity index (χ1v) is 11.7. The number of likely N-dealkylation sites (tertiary alicyclic amines) is 1. The molecule has 1 aromatic carbocycles. The van der Waals surface area contributed by atoms with Crippen molar-refractivity contribution in [2.45, 2.75) is 44.6 Å². The Morgan fingerprint density at radius 3 is 2.81 bits per heavy atom. The molecular weight excluding hydrogens is 388 g/mol. The van der Waals surface area contributed by atoms with Crippen molar-refractivity contribution in [1.29, 1.82) is 0 Å². The van der Waals surface area contributed by atoms with E-state index in [0.29, 0.717) is 17.9 Å². The number of aliphatic hydroxyl groups is 1. The summed E-state index contributed by atoms with van der Waals surface area (Å²) in [6.45, 7) is 14.1. The van der Waals surface area contributed by atoms with E-state index in [4.69, 9.17) is 4.42 Å². The van der Waals surface area contributed by atoms with Crippen LogP contribution < -0.4 is 10.2 Å². The molecule has 2 saturated heterocycles. The van der Waals surface area contributed by atoms with Gasteiger partial charge in [0.25, 0.3) is 6.01 Å². The number of aryl methyl sites for hydroxylation is 2. The summed E-state index contributed by atoms with van der Waals surface area (Å²) in [5.74, 6) is 1.50. The Labute approximate surface area is 185 Å². The zero-order chi connectivity index (χ0) is 21.6. The van der Waals surface area contributed by atoms with E-state index in [1.807, 2.05) is 6.92 Å². The number of oxazole rings is 1. The Kier molecular flexibility index (Phi) is 5.47. The predicted octanol–water partition coefficient (Wildman–Crippen LogP) is 3.39. The lowest BCUT2D eigenvalue weighted by atomic mass is 9.67. The van der Waals surface area contributed by atoms with Gasteiger partial charge in [0.05, 0.1) is 12.3 Å². The number of aromatic nitrogens is 1. The fourth-order valence-corrected chi connectivity index (χ4v) is 5.86. The van der Waals surface area contributed by atoms with Gasteiger partial charge in [-0.05, 0) is 74.7 Å². The number of nitrogens with zero attached hydrogens (tertiary/aromatic N) is 3. The number of nitrogens with one attached hydrogen (secondary N) is 1. The molecule has 4 heterocycles. The average molecular weight is 424 g/mol. The summed E-state index contributed by atoms with van der Waals surface area (Å²) >= 11 is 0. The molecule has 31 heavy (non-hydrogen) atoms. The molecule has 0 radical (unpaired) electrons. The number of rotatable bonds is 4. The highest BCUT2D eigenvalue weighted by molar-refractivity contribution is 5.62. The maximum Gasteiger partial charge on any atom is 0.297 e. The van der Waals surface area contributed by atoms with Gasteiger partial charge in [0, 0.05) is 31.9 Å². The molecule has 3 atom stereocenters. The fraction of sp³-hybridized carbons (Fsp3) is 0.600. The van der Waals surface area contributed by atoms with Crippen LogP contribution >= 0.6 is 0 Å². The van der Waals surface area contributed by atoms with E-state index in [2.05, 4.69) is 52.1 Å². The second-order valence-electron chi connectivity index (χ2n) is 9.91. The molecule has 3 aliphatic rings. The highest BCUT2D eigenvalue weighted by Crippen LogP contribution is 2.47. The van der Waals surface area contributed by atoms with Crippen molar-refractivity contribution >= 4 is 11.7 Å². The third-order valence-corrected chi connectivity index (χ3v) is 7.85. The second-order valence-corrected chi connectivity index (χ2v) is 9.91. The van der Waals surface area contributed by atoms with Gasteiger partial charge in [-0.2, -0.15) is 0 Å². The maximum atomic E-state index is 11.0. The Morgan fingerprint density at radius 1 is 1.29 bits per heavy atom. The molecule has 0 amide bonds. The van der Waals surface area contributed by atoms with Crippen molar-refractivity contribution in [2.75, 3.05) is 49.5 Å². The number of aliphatic hydroxyl groups excluding tert-OH is 1. The quantitative estimate of drug-likeness (QED) is 0.735. The van der Waals surface area contributed by atoms with Crippen LogP contribution in [0.25, 0.3) is 0 Å². The molecule has 6 heteroatoms. The molecule has 6 nitrogen and oxygen atoms in total. The van der Waals surface area contributed by atoms with Crippen molar-refractivity contribution in [2.24, 2.45) is 11.8 Å². The van der Waals surface area contributed by atoms with E-state index in [9.17, 15) is 5.11 Å².